The summed E-state index contributed by atoms with van der Waals surface area (Å²) in [4.78, 5) is 13.7. The fraction of sp³-hybridized carbons (Fsp3) is 0.444. The first-order chi connectivity index (χ1) is 16.7. The molecule has 0 bridgehead atoms. The first kappa shape index (κ1) is 25.5. The van der Waals surface area contributed by atoms with Gasteiger partial charge in [-0.2, -0.15) is 0 Å². The molecule has 0 aromatic heterocycles. The van der Waals surface area contributed by atoms with Crippen LogP contribution in [0, 0.1) is 23.5 Å². The highest BCUT2D eigenvalue weighted by molar-refractivity contribution is 7.91. The van der Waals surface area contributed by atoms with Crippen molar-refractivity contribution in [2.75, 3.05) is 25.4 Å². The smallest absolute Gasteiger partial charge is 0.328 e. The minimum atomic E-state index is -3.43. The number of aliphatic carboxylic acids is 1. The molecule has 188 valence electrons. The van der Waals surface area contributed by atoms with Crippen LogP contribution in [0.25, 0.3) is 0 Å². The highest BCUT2D eigenvalue weighted by atomic mass is 32.2. The molecule has 1 heterocycles. The van der Waals surface area contributed by atoms with Crippen molar-refractivity contribution in [2.24, 2.45) is 11.8 Å². The Morgan fingerprint density at radius 2 is 1.74 bits per heavy atom. The summed E-state index contributed by atoms with van der Waals surface area (Å²) in [6.45, 7) is 2.51. The first-order valence-electron chi connectivity index (χ1n) is 12.1. The number of carbonyl (C=O) groups is 1. The Hall–Kier alpha value is -2.58. The molecule has 1 aliphatic heterocycles. The van der Waals surface area contributed by atoms with Crippen LogP contribution in [0.15, 0.2) is 65.1 Å². The predicted octanol–water partition coefficient (Wildman–Crippen LogP) is 5.05. The second-order valence-electron chi connectivity index (χ2n) is 9.78. The van der Waals surface area contributed by atoms with Gasteiger partial charge in [0.25, 0.3) is 0 Å². The number of likely N-dealkylation sites (tertiary alicyclic amines) is 1. The van der Waals surface area contributed by atoms with Gasteiger partial charge in [-0.05, 0) is 105 Å². The van der Waals surface area contributed by atoms with Crippen LogP contribution in [0.4, 0.5) is 8.78 Å². The van der Waals surface area contributed by atoms with Crippen molar-refractivity contribution >= 4 is 15.8 Å². The molecule has 0 spiro atoms. The number of carboxylic acids is 1. The maximum absolute atomic E-state index is 13.9. The summed E-state index contributed by atoms with van der Waals surface area (Å²) in [6, 6.07) is 11.6. The maximum Gasteiger partial charge on any atom is 0.328 e. The minimum Gasteiger partial charge on any atom is -0.478 e. The van der Waals surface area contributed by atoms with Crippen LogP contribution >= 0.6 is 0 Å². The second-order valence-corrected chi connectivity index (χ2v) is 11.9. The maximum atomic E-state index is 13.9. The number of carboxylic acid groups (broad SMARTS) is 1. The van der Waals surface area contributed by atoms with E-state index in [0.717, 1.165) is 43.6 Å². The number of hydrogen-bond donors (Lipinski definition) is 1. The molecule has 1 saturated heterocycles. The standard InChI is InChI=1S/C27H31F2NO4S/c28-23-4-6-25(7-5-23)35(33,34)13-10-19-8-11-30(12-9-19)18-22-14-20(16-27(31)32)15-26(22)21-2-1-3-24(29)17-21/h1-7,16-17,19,22,26H,8-15,18H2,(H,31,32). The summed E-state index contributed by atoms with van der Waals surface area (Å²) in [5.41, 5.74) is 1.79. The molecule has 2 atom stereocenters. The van der Waals surface area contributed by atoms with Crippen LogP contribution in [0.1, 0.15) is 43.6 Å². The molecule has 2 unspecified atom stereocenters. The molecule has 2 fully saturated rings. The van der Waals surface area contributed by atoms with Gasteiger partial charge < -0.3 is 10.0 Å². The quantitative estimate of drug-likeness (QED) is 0.403. The molecule has 5 nitrogen and oxygen atoms in total. The minimum absolute atomic E-state index is 0.0525. The number of sulfone groups is 1. The lowest BCUT2D eigenvalue weighted by Crippen LogP contribution is -2.38. The lowest BCUT2D eigenvalue weighted by atomic mass is 9.87. The van der Waals surface area contributed by atoms with E-state index in [-0.39, 0.29) is 28.3 Å². The van der Waals surface area contributed by atoms with E-state index in [4.69, 9.17) is 0 Å². The normalized spacial score (nSPS) is 23.1. The Balaban J connectivity index is 1.33. The van der Waals surface area contributed by atoms with Crippen LogP contribution in [0.5, 0.6) is 0 Å². The highest BCUT2D eigenvalue weighted by Crippen LogP contribution is 2.43. The SMILES string of the molecule is O=C(O)C=C1CC(CN2CCC(CCS(=O)(=O)c3ccc(F)cc3)CC2)C(c2cccc(F)c2)C1. The molecule has 4 rings (SSSR count). The van der Waals surface area contributed by atoms with E-state index in [1.807, 2.05) is 6.07 Å². The molecule has 2 aromatic rings. The second kappa shape index (κ2) is 11.0. The zero-order chi connectivity index (χ0) is 25.0. The van der Waals surface area contributed by atoms with E-state index in [1.54, 1.807) is 12.1 Å². The van der Waals surface area contributed by atoms with Gasteiger partial charge in [0.2, 0.25) is 0 Å². The molecule has 8 heteroatoms. The molecule has 1 saturated carbocycles. The van der Waals surface area contributed by atoms with Gasteiger partial charge in [-0.1, -0.05) is 17.7 Å². The molecule has 1 N–H and O–H groups in total. The van der Waals surface area contributed by atoms with E-state index < -0.39 is 21.6 Å². The van der Waals surface area contributed by atoms with Gasteiger partial charge in [-0.3, -0.25) is 0 Å². The van der Waals surface area contributed by atoms with Crippen molar-refractivity contribution in [3.05, 3.63) is 77.4 Å². The monoisotopic (exact) mass is 503 g/mol. The average Bonchev–Trinajstić information content (AvgIpc) is 3.20. The first-order valence-corrected chi connectivity index (χ1v) is 13.7. The van der Waals surface area contributed by atoms with Crippen molar-refractivity contribution < 1.29 is 27.1 Å². The van der Waals surface area contributed by atoms with E-state index in [1.165, 1.54) is 36.4 Å². The van der Waals surface area contributed by atoms with Gasteiger partial charge in [0.1, 0.15) is 11.6 Å². The predicted molar refractivity (Wildman–Crippen MR) is 130 cm³/mol. The van der Waals surface area contributed by atoms with Crippen LogP contribution in [-0.2, 0) is 14.6 Å². The number of piperidine rings is 1. The molecular weight excluding hydrogens is 472 g/mol. The molecule has 35 heavy (non-hydrogen) atoms. The van der Waals surface area contributed by atoms with Gasteiger partial charge in [0.15, 0.2) is 9.84 Å². The number of allylic oxidation sites excluding steroid dienone is 1. The Bertz CT molecular complexity index is 1170. The number of benzene rings is 2. The number of nitrogens with zero attached hydrogens (tertiary/aromatic N) is 1. The number of hydrogen-bond acceptors (Lipinski definition) is 4. The van der Waals surface area contributed by atoms with E-state index >= 15 is 0 Å². The van der Waals surface area contributed by atoms with E-state index in [9.17, 15) is 27.1 Å². The van der Waals surface area contributed by atoms with E-state index in [0.29, 0.717) is 25.2 Å². The van der Waals surface area contributed by atoms with Gasteiger partial charge in [-0.15, -0.1) is 0 Å². The van der Waals surface area contributed by atoms with Gasteiger partial charge in [0.05, 0.1) is 10.6 Å². The molecule has 2 aromatic carbocycles. The Labute approximate surface area is 205 Å². The number of halogens is 2. The third-order valence-corrected chi connectivity index (χ3v) is 9.11. The fourth-order valence-electron chi connectivity index (χ4n) is 5.49. The van der Waals surface area contributed by atoms with Crippen molar-refractivity contribution in [1.82, 2.24) is 4.90 Å². The molecule has 2 aliphatic rings. The van der Waals surface area contributed by atoms with Crippen molar-refractivity contribution in [1.29, 1.82) is 0 Å². The Morgan fingerprint density at radius 3 is 2.40 bits per heavy atom. The Kier molecular flexibility index (Phi) is 8.02. The lowest BCUT2D eigenvalue weighted by Gasteiger charge is -2.35. The molecule has 0 radical (unpaired) electrons. The van der Waals surface area contributed by atoms with E-state index in [2.05, 4.69) is 4.90 Å². The van der Waals surface area contributed by atoms with Crippen molar-refractivity contribution in [3.63, 3.8) is 0 Å². The summed E-state index contributed by atoms with van der Waals surface area (Å²) in [6.07, 6.45) is 4.97. The Morgan fingerprint density at radius 1 is 1.03 bits per heavy atom. The largest absolute Gasteiger partial charge is 0.478 e. The zero-order valence-corrected chi connectivity index (χ0v) is 20.4. The van der Waals surface area contributed by atoms with Crippen LogP contribution in [-0.4, -0.2) is 49.8 Å². The van der Waals surface area contributed by atoms with Gasteiger partial charge in [-0.25, -0.2) is 22.0 Å². The summed E-state index contributed by atoms with van der Waals surface area (Å²) in [5.74, 6) is -1.04. The average molecular weight is 504 g/mol. The topological polar surface area (TPSA) is 74.7 Å². The molecule has 1 aliphatic carbocycles. The van der Waals surface area contributed by atoms with Crippen LogP contribution < -0.4 is 0 Å². The van der Waals surface area contributed by atoms with Crippen molar-refractivity contribution in [2.45, 2.75) is 42.9 Å². The summed E-state index contributed by atoms with van der Waals surface area (Å²) in [7, 11) is -3.43. The fourth-order valence-corrected chi connectivity index (χ4v) is 6.92. The summed E-state index contributed by atoms with van der Waals surface area (Å²) >= 11 is 0. The molecule has 0 amide bonds. The zero-order valence-electron chi connectivity index (χ0n) is 19.6. The van der Waals surface area contributed by atoms with Crippen LogP contribution in [0.2, 0.25) is 0 Å². The number of rotatable bonds is 8. The molecular formula is C27H31F2NO4S. The summed E-state index contributed by atoms with van der Waals surface area (Å²) < 4.78 is 52.1. The highest BCUT2D eigenvalue weighted by Gasteiger charge is 2.34. The third kappa shape index (κ3) is 6.76. The van der Waals surface area contributed by atoms with Gasteiger partial charge in [0, 0.05) is 12.6 Å². The van der Waals surface area contributed by atoms with Gasteiger partial charge >= 0.3 is 5.97 Å². The third-order valence-electron chi connectivity index (χ3n) is 7.35. The van der Waals surface area contributed by atoms with Crippen LogP contribution in [0.3, 0.4) is 0 Å². The lowest BCUT2D eigenvalue weighted by molar-refractivity contribution is -0.131. The summed E-state index contributed by atoms with van der Waals surface area (Å²) in [5, 5.41) is 9.20. The van der Waals surface area contributed by atoms with Crippen molar-refractivity contribution in [3.8, 4) is 0 Å².